The molecule has 0 aromatic heterocycles. The fourth-order valence-electron chi connectivity index (χ4n) is 4.26. The van der Waals surface area contributed by atoms with E-state index in [-0.39, 0.29) is 35.6 Å². The highest BCUT2D eigenvalue weighted by Gasteiger charge is 2.38. The van der Waals surface area contributed by atoms with Gasteiger partial charge in [-0.25, -0.2) is 0 Å². The molecule has 5 rings (SSSR count). The van der Waals surface area contributed by atoms with Crippen molar-refractivity contribution in [1.82, 2.24) is 0 Å². The van der Waals surface area contributed by atoms with Gasteiger partial charge >= 0.3 is 5.97 Å². The second kappa shape index (κ2) is 8.02. The van der Waals surface area contributed by atoms with Crippen LogP contribution >= 0.6 is 0 Å². The van der Waals surface area contributed by atoms with E-state index in [1.807, 2.05) is 0 Å². The van der Waals surface area contributed by atoms with Crippen LogP contribution in [0.4, 0.5) is 0 Å². The summed E-state index contributed by atoms with van der Waals surface area (Å²) in [4.78, 5) is 25.4. The summed E-state index contributed by atoms with van der Waals surface area (Å²) >= 11 is 0. The summed E-state index contributed by atoms with van der Waals surface area (Å²) in [5.41, 5.74) is 2.46. The largest absolute Gasteiger partial charge is 0.508 e. The molecule has 0 radical (unpaired) electrons. The van der Waals surface area contributed by atoms with Crippen molar-refractivity contribution in [3.8, 4) is 28.7 Å². The number of phenolic OH excluding ortho intramolecular Hbond substituents is 1. The molecule has 0 aliphatic carbocycles. The number of carbonyl (C=O) groups excluding carboxylic acids is 2. The van der Waals surface area contributed by atoms with Crippen LogP contribution in [-0.4, -0.2) is 31.1 Å². The quantitative estimate of drug-likeness (QED) is 0.361. The first-order valence-corrected chi connectivity index (χ1v) is 10.3. The number of methoxy groups -OCH3 is 2. The molecule has 166 valence electrons. The number of phenols is 1. The molecular formula is C26H20O7. The number of allylic oxidation sites excluding steroid dienone is 1. The van der Waals surface area contributed by atoms with E-state index < -0.39 is 0 Å². The van der Waals surface area contributed by atoms with Gasteiger partial charge in [-0.3, -0.25) is 9.59 Å². The first-order chi connectivity index (χ1) is 16.0. The van der Waals surface area contributed by atoms with Gasteiger partial charge in [0, 0.05) is 17.0 Å². The molecule has 0 fully saturated rings. The maximum atomic E-state index is 13.2. The molecule has 2 heterocycles. The Balaban J connectivity index is 1.61. The molecule has 7 heteroatoms. The van der Waals surface area contributed by atoms with Gasteiger partial charge in [0.25, 0.3) is 0 Å². The van der Waals surface area contributed by atoms with E-state index in [4.69, 9.17) is 18.9 Å². The highest BCUT2D eigenvalue weighted by molar-refractivity contribution is 6.15. The lowest BCUT2D eigenvalue weighted by Crippen LogP contribution is -2.21. The molecule has 7 nitrogen and oxygen atoms in total. The lowest BCUT2D eigenvalue weighted by Gasteiger charge is -2.26. The van der Waals surface area contributed by atoms with E-state index >= 15 is 0 Å². The van der Waals surface area contributed by atoms with E-state index in [1.54, 1.807) is 67.8 Å². The smallest absolute Gasteiger partial charge is 0.312 e. The van der Waals surface area contributed by atoms with Crippen molar-refractivity contribution in [3.05, 3.63) is 82.6 Å². The lowest BCUT2D eigenvalue weighted by atomic mass is 9.84. The summed E-state index contributed by atoms with van der Waals surface area (Å²) in [6.45, 7) is 0. The molecule has 0 saturated heterocycles. The zero-order valence-corrected chi connectivity index (χ0v) is 18.0. The van der Waals surface area contributed by atoms with E-state index in [9.17, 15) is 14.7 Å². The van der Waals surface area contributed by atoms with Crippen molar-refractivity contribution in [2.45, 2.75) is 12.3 Å². The molecule has 0 bridgehead atoms. The summed E-state index contributed by atoms with van der Waals surface area (Å²) in [7, 11) is 3.07. The van der Waals surface area contributed by atoms with E-state index in [1.165, 1.54) is 7.11 Å². The molecule has 1 N–H and O–H groups in total. The first kappa shape index (κ1) is 20.6. The number of carbonyl (C=O) groups is 2. The fraction of sp³-hybridized carbons (Fsp3) is 0.154. The van der Waals surface area contributed by atoms with Crippen molar-refractivity contribution in [1.29, 1.82) is 0 Å². The third-order valence-corrected chi connectivity index (χ3v) is 5.80. The van der Waals surface area contributed by atoms with Gasteiger partial charge in [0.15, 0.2) is 17.3 Å². The zero-order valence-electron chi connectivity index (χ0n) is 18.0. The van der Waals surface area contributed by atoms with Gasteiger partial charge in [-0.2, -0.15) is 0 Å². The minimum absolute atomic E-state index is 0.0918. The van der Waals surface area contributed by atoms with Gasteiger partial charge in [0.2, 0.25) is 5.78 Å². The van der Waals surface area contributed by atoms with E-state index in [0.717, 1.165) is 5.56 Å². The summed E-state index contributed by atoms with van der Waals surface area (Å²) < 4.78 is 22.3. The lowest BCUT2D eigenvalue weighted by molar-refractivity contribution is -0.135. The van der Waals surface area contributed by atoms with Gasteiger partial charge in [0.05, 0.1) is 26.2 Å². The first-order valence-electron chi connectivity index (χ1n) is 10.3. The third-order valence-electron chi connectivity index (χ3n) is 5.80. The van der Waals surface area contributed by atoms with Crippen LogP contribution in [0.2, 0.25) is 0 Å². The minimum atomic E-state index is -0.379. The molecule has 33 heavy (non-hydrogen) atoms. The minimum Gasteiger partial charge on any atom is -0.508 e. The van der Waals surface area contributed by atoms with E-state index in [0.29, 0.717) is 39.7 Å². The van der Waals surface area contributed by atoms with Crippen LogP contribution in [0.5, 0.6) is 28.7 Å². The van der Waals surface area contributed by atoms with Gasteiger partial charge in [-0.15, -0.1) is 0 Å². The van der Waals surface area contributed by atoms with Crippen LogP contribution in [0.15, 0.2) is 60.4 Å². The van der Waals surface area contributed by atoms with Crippen molar-refractivity contribution in [2.24, 2.45) is 0 Å². The highest BCUT2D eigenvalue weighted by atomic mass is 16.5. The summed E-state index contributed by atoms with van der Waals surface area (Å²) in [6, 6.07) is 15.2. The van der Waals surface area contributed by atoms with Crippen LogP contribution in [0, 0.1) is 0 Å². The Morgan fingerprint density at radius 1 is 0.970 bits per heavy atom. The molecule has 3 aromatic rings. The number of esters is 1. The second-order valence-electron chi connectivity index (χ2n) is 7.70. The van der Waals surface area contributed by atoms with Gasteiger partial charge in [-0.1, -0.05) is 24.3 Å². The molecule has 1 atom stereocenters. The number of hydrogen-bond acceptors (Lipinski definition) is 7. The number of hydrogen-bond donors (Lipinski definition) is 1. The molecule has 0 amide bonds. The molecule has 0 unspecified atom stereocenters. The standard InChI is InChI=1S/C26H20O7/c1-30-20-5-3-4-15(25(20)31-2)12-21-24(29)17-10-11-19-23(26(17)33-21)18(13-22(28)32-19)14-6-8-16(27)9-7-14/h3-12,18,27H,13H2,1-2H3/b21-12-/t18-/m0/s1. The second-order valence-corrected chi connectivity index (χ2v) is 7.70. The van der Waals surface area contributed by atoms with Gasteiger partial charge in [-0.05, 0) is 42.0 Å². The van der Waals surface area contributed by atoms with E-state index in [2.05, 4.69) is 0 Å². The summed E-state index contributed by atoms with van der Waals surface area (Å²) in [6.07, 6.45) is 1.70. The Morgan fingerprint density at radius 3 is 2.48 bits per heavy atom. The Labute approximate surface area is 189 Å². The van der Waals surface area contributed by atoms with Crippen LogP contribution in [0.1, 0.15) is 39.4 Å². The number of ether oxygens (including phenoxy) is 4. The summed E-state index contributed by atoms with van der Waals surface area (Å²) in [5.74, 6) is 0.971. The SMILES string of the molecule is COc1cccc(/C=C2\Oc3c(ccc4c3[C@H](c3ccc(O)cc3)CC(=O)O4)C2=O)c1OC. The molecular weight excluding hydrogens is 424 g/mol. The summed E-state index contributed by atoms with van der Waals surface area (Å²) in [5, 5.41) is 9.66. The molecule has 0 spiro atoms. The maximum Gasteiger partial charge on any atom is 0.312 e. The Bertz CT molecular complexity index is 1300. The number of rotatable bonds is 4. The topological polar surface area (TPSA) is 91.3 Å². The van der Waals surface area contributed by atoms with Crippen molar-refractivity contribution >= 4 is 17.8 Å². The normalized spacial score (nSPS) is 17.8. The van der Waals surface area contributed by atoms with Crippen molar-refractivity contribution in [3.63, 3.8) is 0 Å². The highest BCUT2D eigenvalue weighted by Crippen LogP contribution is 2.49. The van der Waals surface area contributed by atoms with Crippen LogP contribution < -0.4 is 18.9 Å². The average molecular weight is 444 g/mol. The monoisotopic (exact) mass is 444 g/mol. The third kappa shape index (κ3) is 3.47. The number of Topliss-reactive ketones (excluding diaryl/α,β-unsaturated/α-hetero) is 1. The van der Waals surface area contributed by atoms with Crippen LogP contribution in [0.25, 0.3) is 6.08 Å². The van der Waals surface area contributed by atoms with Gasteiger partial charge in [0.1, 0.15) is 17.2 Å². The molecule has 2 aliphatic heterocycles. The Morgan fingerprint density at radius 2 is 1.76 bits per heavy atom. The maximum absolute atomic E-state index is 13.2. The fourth-order valence-corrected chi connectivity index (χ4v) is 4.26. The predicted molar refractivity (Wildman–Crippen MR) is 119 cm³/mol. The number of ketones is 1. The molecule has 2 aliphatic rings. The van der Waals surface area contributed by atoms with Crippen LogP contribution in [0.3, 0.4) is 0 Å². The zero-order chi connectivity index (χ0) is 23.1. The van der Waals surface area contributed by atoms with Crippen molar-refractivity contribution < 1.29 is 33.6 Å². The number of benzene rings is 3. The number of aromatic hydroxyl groups is 1. The average Bonchev–Trinajstić information content (AvgIpc) is 3.13. The Kier molecular flexibility index (Phi) is 5.01. The molecule has 3 aromatic carbocycles. The number of para-hydroxylation sites is 1. The Hall–Kier alpha value is -4.26. The van der Waals surface area contributed by atoms with Crippen LogP contribution in [-0.2, 0) is 4.79 Å². The number of fused-ring (bicyclic) bond motifs is 3. The molecule has 0 saturated carbocycles. The van der Waals surface area contributed by atoms with Crippen molar-refractivity contribution in [2.75, 3.05) is 14.2 Å². The predicted octanol–water partition coefficient (Wildman–Crippen LogP) is 4.47. The van der Waals surface area contributed by atoms with Gasteiger partial charge < -0.3 is 24.1 Å².